The van der Waals surface area contributed by atoms with Gasteiger partial charge in [-0.3, -0.25) is 9.29 Å². The highest BCUT2D eigenvalue weighted by Gasteiger charge is 2.53. The van der Waals surface area contributed by atoms with Crippen LogP contribution in [0.1, 0.15) is 104 Å². The highest BCUT2D eigenvalue weighted by molar-refractivity contribution is 14.1. The third-order valence-corrected chi connectivity index (χ3v) is 15.3. The van der Waals surface area contributed by atoms with E-state index < -0.39 is 0 Å². The molecule has 0 aromatic heterocycles. The van der Waals surface area contributed by atoms with Crippen molar-refractivity contribution in [1.82, 2.24) is 29.8 Å². The van der Waals surface area contributed by atoms with Gasteiger partial charge in [0.25, 0.3) is 0 Å². The molecule has 14 heteroatoms. The number of hydrogen-bond acceptors (Lipinski definition) is 8. The third-order valence-electron chi connectivity index (χ3n) is 14.9. The minimum absolute atomic E-state index is 0. The molecule has 8 fully saturated rings. The molecule has 0 aromatic carbocycles. The molecule has 6 heterocycles. The summed E-state index contributed by atoms with van der Waals surface area (Å²) in [6.07, 6.45) is 17.7. The zero-order valence-corrected chi connectivity index (χ0v) is 37.6. The van der Waals surface area contributed by atoms with Gasteiger partial charge in [0.05, 0.1) is 19.9 Å². The lowest BCUT2D eigenvalue weighted by molar-refractivity contribution is -0.0160. The topological polar surface area (TPSA) is 80.8 Å². The number of rotatable bonds is 9. The van der Waals surface area contributed by atoms with Crippen LogP contribution in [0.2, 0.25) is 0 Å². The first kappa shape index (κ1) is 46.3. The summed E-state index contributed by atoms with van der Waals surface area (Å²) in [6, 6.07) is 2.90. The van der Waals surface area contributed by atoms with E-state index in [2.05, 4.69) is 20.0 Å². The Morgan fingerprint density at radius 3 is 1.62 bits per heavy atom. The van der Waals surface area contributed by atoms with Crippen molar-refractivity contribution in [3.63, 3.8) is 0 Å². The van der Waals surface area contributed by atoms with Gasteiger partial charge in [0, 0.05) is 61.3 Å². The molecule has 2 aliphatic carbocycles. The highest BCUT2D eigenvalue weighted by Crippen LogP contribution is 2.52. The molecule has 8 aliphatic rings. The Kier molecular flexibility index (Phi) is 18.4. The predicted octanol–water partition coefficient (Wildman–Crippen LogP) is 7.42. The number of halogens is 4. The van der Waals surface area contributed by atoms with E-state index in [0.29, 0.717) is 47.1 Å². The van der Waals surface area contributed by atoms with Gasteiger partial charge < -0.3 is 34.4 Å². The number of carbonyl (C=O) groups excluding carboxylic acids is 2. The first-order valence-corrected chi connectivity index (χ1v) is 23.7. The van der Waals surface area contributed by atoms with E-state index in [1.54, 1.807) is 0 Å². The average Bonchev–Trinajstić information content (AvgIpc) is 4.02. The van der Waals surface area contributed by atoms with Crippen LogP contribution < -0.4 is 5.32 Å². The van der Waals surface area contributed by atoms with Gasteiger partial charge in [-0.05, 0) is 166 Å². The molecule has 324 valence electrons. The standard InChI is InChI=1S/C21H36FN3O2.C19H33N3O2.C2H4FI.ClH/c1-2-27-20(26)25-12-7-21(16-25)14-18(15-21)23-10-5-17(6-11-23)19-4-3-9-24(19)13-8-22;1-2-24-18(23)22-11-7-19(14-22)12-16(13-19)21-9-5-15(6-10-21)17-4-3-8-20-17;3-1-2-4;/h17-19H,2-16H2,1H3;15-17,20H,2-14H2,1H3;1-2H2;1H/t18?,19-,21?;16?,17-,19?;;/m00../s1. The second-order valence-corrected chi connectivity index (χ2v) is 19.2. The number of likely N-dealkylation sites (tertiary alicyclic amines) is 5. The molecule has 0 unspecified atom stereocenters. The van der Waals surface area contributed by atoms with Crippen molar-refractivity contribution in [1.29, 1.82) is 0 Å². The molecule has 0 bridgehead atoms. The highest BCUT2D eigenvalue weighted by atomic mass is 127. The molecule has 6 aliphatic heterocycles. The number of amides is 2. The van der Waals surface area contributed by atoms with Gasteiger partial charge in [0.2, 0.25) is 0 Å². The van der Waals surface area contributed by atoms with Crippen LogP contribution in [0.4, 0.5) is 18.4 Å². The second-order valence-electron chi connectivity index (χ2n) is 18.1. The summed E-state index contributed by atoms with van der Waals surface area (Å²) in [4.78, 5) is 35.5. The predicted molar refractivity (Wildman–Crippen MR) is 230 cm³/mol. The summed E-state index contributed by atoms with van der Waals surface area (Å²) in [5.74, 6) is 1.67. The van der Waals surface area contributed by atoms with Crippen LogP contribution in [0.25, 0.3) is 0 Å². The average molecular weight is 927 g/mol. The smallest absolute Gasteiger partial charge is 0.409 e. The molecule has 2 atom stereocenters. The summed E-state index contributed by atoms with van der Waals surface area (Å²) >= 11 is 1.98. The van der Waals surface area contributed by atoms with Gasteiger partial charge in [0.1, 0.15) is 6.67 Å². The van der Waals surface area contributed by atoms with Gasteiger partial charge >= 0.3 is 12.2 Å². The number of alkyl halides is 3. The molecule has 1 N–H and O–H groups in total. The van der Waals surface area contributed by atoms with Crippen LogP contribution in [0, 0.1) is 22.7 Å². The van der Waals surface area contributed by atoms with Crippen LogP contribution in [-0.4, -0.2) is 164 Å². The fourth-order valence-electron chi connectivity index (χ4n) is 11.9. The molecule has 8 rings (SSSR count). The monoisotopic (exact) mass is 926 g/mol. The van der Waals surface area contributed by atoms with E-state index in [4.69, 9.17) is 9.47 Å². The molecule has 0 radical (unpaired) electrons. The Labute approximate surface area is 356 Å². The van der Waals surface area contributed by atoms with Gasteiger partial charge in [0.15, 0.2) is 0 Å². The quantitative estimate of drug-likeness (QED) is 0.189. The van der Waals surface area contributed by atoms with E-state index in [-0.39, 0.29) is 37.9 Å². The second kappa shape index (κ2) is 22.2. The van der Waals surface area contributed by atoms with Crippen LogP contribution in [-0.2, 0) is 9.47 Å². The molecule has 2 saturated carbocycles. The van der Waals surface area contributed by atoms with Crippen molar-refractivity contribution in [3.05, 3.63) is 0 Å². The van der Waals surface area contributed by atoms with Crippen molar-refractivity contribution in [3.8, 4) is 0 Å². The fraction of sp³-hybridized carbons (Fsp3) is 0.952. The van der Waals surface area contributed by atoms with Crippen molar-refractivity contribution in [2.24, 2.45) is 22.7 Å². The zero-order chi connectivity index (χ0) is 38.8. The Morgan fingerprint density at radius 1 is 0.696 bits per heavy atom. The lowest BCUT2D eigenvalue weighted by atomic mass is 9.64. The lowest BCUT2D eigenvalue weighted by Crippen LogP contribution is -2.55. The zero-order valence-electron chi connectivity index (χ0n) is 34.6. The largest absolute Gasteiger partial charge is 0.450 e. The van der Waals surface area contributed by atoms with Crippen LogP contribution in [0.3, 0.4) is 0 Å². The number of nitrogens with zero attached hydrogens (tertiary/aromatic N) is 5. The summed E-state index contributed by atoms with van der Waals surface area (Å²) in [6.45, 7) is 15.8. The van der Waals surface area contributed by atoms with Crippen LogP contribution in [0.5, 0.6) is 0 Å². The molecule has 6 saturated heterocycles. The summed E-state index contributed by atoms with van der Waals surface area (Å²) in [7, 11) is 0. The minimum Gasteiger partial charge on any atom is -0.450 e. The number of carbonyl (C=O) groups is 2. The van der Waals surface area contributed by atoms with Crippen LogP contribution >= 0.6 is 35.0 Å². The summed E-state index contributed by atoms with van der Waals surface area (Å²) < 4.78 is 34.5. The molecule has 2 amide bonds. The van der Waals surface area contributed by atoms with Gasteiger partial charge in [-0.15, -0.1) is 12.4 Å². The van der Waals surface area contributed by atoms with Gasteiger partial charge in [-0.2, -0.15) is 0 Å². The maximum absolute atomic E-state index is 12.8. The number of hydrogen-bond donors (Lipinski definition) is 1. The fourth-order valence-corrected chi connectivity index (χ4v) is 11.9. The molecule has 10 nitrogen and oxygen atoms in total. The van der Waals surface area contributed by atoms with E-state index in [0.717, 1.165) is 63.1 Å². The maximum atomic E-state index is 12.8. The van der Waals surface area contributed by atoms with Crippen molar-refractivity contribution in [2.75, 3.05) is 103 Å². The number of nitrogens with one attached hydrogen (secondary N) is 1. The molecular weight excluding hydrogens is 853 g/mol. The first-order valence-electron chi connectivity index (χ1n) is 22.2. The number of ether oxygens (including phenoxy) is 2. The van der Waals surface area contributed by atoms with E-state index in [9.17, 15) is 18.4 Å². The third kappa shape index (κ3) is 11.5. The summed E-state index contributed by atoms with van der Waals surface area (Å²) in [5, 5.41) is 3.70. The van der Waals surface area contributed by atoms with Crippen molar-refractivity contribution in [2.45, 2.75) is 128 Å². The van der Waals surface area contributed by atoms with Crippen molar-refractivity contribution >= 4 is 47.2 Å². The molecular formula is C42H74ClF2IN6O4. The normalized spacial score (nSPS) is 33.9. The Balaban J connectivity index is 0.000000194. The summed E-state index contributed by atoms with van der Waals surface area (Å²) in [5.41, 5.74) is 0.763. The van der Waals surface area contributed by atoms with Crippen LogP contribution in [0.15, 0.2) is 0 Å². The van der Waals surface area contributed by atoms with E-state index in [1.807, 2.05) is 46.2 Å². The lowest BCUT2D eigenvalue weighted by Gasteiger charge is -2.52. The maximum Gasteiger partial charge on any atom is 0.409 e. The Hall–Kier alpha value is -0.740. The first-order chi connectivity index (χ1) is 26.7. The molecule has 0 aromatic rings. The Bertz CT molecular complexity index is 1190. The van der Waals surface area contributed by atoms with Gasteiger partial charge in [-0.25, -0.2) is 14.0 Å². The van der Waals surface area contributed by atoms with E-state index in [1.165, 1.54) is 116 Å². The minimum atomic E-state index is -0.206. The SMILES string of the molecule is CCOC(=O)N1CCC2(CC(N3CCC([C@@H]4CCCN4)CC3)C2)C1.CCOC(=O)N1CCC2(CC(N3CCC([C@@H]4CCCN4CCF)CC3)C2)C1.Cl.FCCI. The molecule has 56 heavy (non-hydrogen) atoms. The number of piperidine rings is 2. The molecule has 2 spiro atoms. The van der Waals surface area contributed by atoms with Crippen molar-refractivity contribution < 1.29 is 27.8 Å². The Morgan fingerprint density at radius 2 is 1.20 bits per heavy atom. The van der Waals surface area contributed by atoms with E-state index >= 15 is 0 Å². The van der Waals surface area contributed by atoms with Gasteiger partial charge in [-0.1, -0.05) is 22.6 Å².